The molecule has 0 spiro atoms. The van der Waals surface area contributed by atoms with Gasteiger partial charge in [-0.15, -0.1) is 21.5 Å². The third-order valence-corrected chi connectivity index (χ3v) is 5.54. The van der Waals surface area contributed by atoms with Crippen molar-refractivity contribution in [2.75, 3.05) is 13.1 Å². The standard InChI is InChI=1S/C17H16N6O2S/c24-14-8-12(10-3-5-18-6-4-10)23-15(20-14)11(9-19-23)16-21-22-17(25-16)13-2-1-7-26-13/h1-2,7-10,18H,3-6H2,(H,20,24). The van der Waals surface area contributed by atoms with Gasteiger partial charge in [-0.2, -0.15) is 5.10 Å². The van der Waals surface area contributed by atoms with Crippen molar-refractivity contribution < 1.29 is 4.42 Å². The Labute approximate surface area is 151 Å². The van der Waals surface area contributed by atoms with Crippen LogP contribution in [0.1, 0.15) is 24.5 Å². The highest BCUT2D eigenvalue weighted by Gasteiger charge is 2.22. The van der Waals surface area contributed by atoms with Crippen LogP contribution in [0.25, 0.3) is 27.9 Å². The Bertz CT molecular complexity index is 1100. The number of hydrogen-bond acceptors (Lipinski definition) is 7. The van der Waals surface area contributed by atoms with Gasteiger partial charge in [-0.25, -0.2) is 4.52 Å². The van der Waals surface area contributed by atoms with Gasteiger partial charge >= 0.3 is 0 Å². The maximum absolute atomic E-state index is 12.2. The van der Waals surface area contributed by atoms with Gasteiger partial charge in [0.05, 0.1) is 16.8 Å². The normalized spacial score (nSPS) is 15.7. The molecule has 4 aromatic rings. The third kappa shape index (κ3) is 2.56. The lowest BCUT2D eigenvalue weighted by molar-refractivity contribution is 0.446. The van der Waals surface area contributed by atoms with E-state index >= 15 is 0 Å². The molecule has 9 heteroatoms. The molecule has 1 saturated heterocycles. The Morgan fingerprint density at radius 1 is 1.23 bits per heavy atom. The van der Waals surface area contributed by atoms with Crippen LogP contribution in [0, 0.1) is 0 Å². The molecule has 5 rings (SSSR count). The maximum atomic E-state index is 12.2. The van der Waals surface area contributed by atoms with Crippen LogP contribution in [0.5, 0.6) is 0 Å². The molecule has 0 aromatic carbocycles. The number of thiophene rings is 1. The molecule has 0 atom stereocenters. The Morgan fingerprint density at radius 2 is 2.08 bits per heavy atom. The van der Waals surface area contributed by atoms with E-state index in [2.05, 4.69) is 25.6 Å². The van der Waals surface area contributed by atoms with E-state index in [1.165, 1.54) is 11.3 Å². The van der Waals surface area contributed by atoms with Crippen LogP contribution in [-0.2, 0) is 0 Å². The number of hydrogen-bond donors (Lipinski definition) is 2. The summed E-state index contributed by atoms with van der Waals surface area (Å²) in [6.07, 6.45) is 3.63. The lowest BCUT2D eigenvalue weighted by Crippen LogP contribution is -2.28. The van der Waals surface area contributed by atoms with Crippen molar-refractivity contribution >= 4 is 17.0 Å². The quantitative estimate of drug-likeness (QED) is 0.575. The van der Waals surface area contributed by atoms with Crippen molar-refractivity contribution in [2.24, 2.45) is 0 Å². The van der Waals surface area contributed by atoms with E-state index in [9.17, 15) is 4.79 Å². The number of nitrogens with zero attached hydrogens (tertiary/aromatic N) is 4. The molecule has 4 aromatic heterocycles. The second-order valence-corrected chi connectivity index (χ2v) is 7.24. The van der Waals surface area contributed by atoms with Crippen LogP contribution in [0.4, 0.5) is 0 Å². The molecule has 1 aliphatic heterocycles. The summed E-state index contributed by atoms with van der Waals surface area (Å²) in [6, 6.07) is 5.50. The van der Waals surface area contributed by atoms with E-state index in [1.54, 1.807) is 16.8 Å². The first kappa shape index (κ1) is 15.5. The molecular weight excluding hydrogens is 352 g/mol. The summed E-state index contributed by atoms with van der Waals surface area (Å²) in [6.45, 7) is 1.89. The number of piperidine rings is 1. The van der Waals surface area contributed by atoms with Crippen LogP contribution >= 0.6 is 11.3 Å². The number of fused-ring (bicyclic) bond motifs is 1. The average Bonchev–Trinajstić information content (AvgIpc) is 3.41. The predicted octanol–water partition coefficient (Wildman–Crippen LogP) is 2.27. The molecule has 0 saturated carbocycles. The van der Waals surface area contributed by atoms with Crippen LogP contribution in [-0.4, -0.2) is 37.9 Å². The predicted molar refractivity (Wildman–Crippen MR) is 97.3 cm³/mol. The highest BCUT2D eigenvalue weighted by molar-refractivity contribution is 7.13. The van der Waals surface area contributed by atoms with Gasteiger partial charge in [0.2, 0.25) is 0 Å². The number of aromatic amines is 1. The summed E-state index contributed by atoms with van der Waals surface area (Å²) in [5.74, 6) is 1.12. The van der Waals surface area contributed by atoms with E-state index in [0.29, 0.717) is 28.9 Å². The SMILES string of the molecule is O=c1cc(C2CCNCC2)n2ncc(-c3nnc(-c4cccs4)o3)c2[nH]1. The van der Waals surface area contributed by atoms with Gasteiger partial charge in [0, 0.05) is 12.0 Å². The first-order valence-corrected chi connectivity index (χ1v) is 9.37. The average molecular weight is 368 g/mol. The molecule has 0 amide bonds. The van der Waals surface area contributed by atoms with Crippen LogP contribution in [0.2, 0.25) is 0 Å². The van der Waals surface area contributed by atoms with Crippen LogP contribution < -0.4 is 10.9 Å². The van der Waals surface area contributed by atoms with E-state index in [-0.39, 0.29) is 5.56 Å². The largest absolute Gasteiger partial charge is 0.415 e. The van der Waals surface area contributed by atoms with Gasteiger partial charge in [0.1, 0.15) is 11.2 Å². The number of aromatic nitrogens is 5. The van der Waals surface area contributed by atoms with Gasteiger partial charge in [-0.1, -0.05) is 6.07 Å². The summed E-state index contributed by atoms with van der Waals surface area (Å²) < 4.78 is 7.60. The monoisotopic (exact) mass is 368 g/mol. The fraction of sp³-hybridized carbons (Fsp3) is 0.294. The molecule has 5 heterocycles. The molecule has 8 nitrogen and oxygen atoms in total. The summed E-state index contributed by atoms with van der Waals surface area (Å²) in [4.78, 5) is 16.0. The lowest BCUT2D eigenvalue weighted by atomic mass is 9.94. The summed E-state index contributed by atoms with van der Waals surface area (Å²) in [7, 11) is 0. The lowest BCUT2D eigenvalue weighted by Gasteiger charge is -2.23. The molecule has 0 bridgehead atoms. The zero-order valence-electron chi connectivity index (χ0n) is 13.8. The molecule has 26 heavy (non-hydrogen) atoms. The minimum Gasteiger partial charge on any atom is -0.415 e. The first-order chi connectivity index (χ1) is 12.8. The minimum atomic E-state index is -0.147. The molecule has 0 aliphatic carbocycles. The Balaban J connectivity index is 1.61. The third-order valence-electron chi connectivity index (χ3n) is 4.68. The van der Waals surface area contributed by atoms with Crippen LogP contribution in [0.15, 0.2) is 39.0 Å². The van der Waals surface area contributed by atoms with E-state index in [0.717, 1.165) is 36.5 Å². The van der Waals surface area contributed by atoms with Crippen molar-refractivity contribution in [2.45, 2.75) is 18.8 Å². The van der Waals surface area contributed by atoms with Gasteiger partial charge < -0.3 is 14.7 Å². The molecule has 1 fully saturated rings. The summed E-state index contributed by atoms with van der Waals surface area (Å²) >= 11 is 1.53. The van der Waals surface area contributed by atoms with E-state index in [1.807, 2.05) is 17.5 Å². The Hall–Kier alpha value is -2.78. The molecule has 132 valence electrons. The maximum Gasteiger partial charge on any atom is 0.258 e. The highest BCUT2D eigenvalue weighted by Crippen LogP contribution is 2.30. The zero-order valence-corrected chi connectivity index (χ0v) is 14.6. The van der Waals surface area contributed by atoms with E-state index in [4.69, 9.17) is 4.42 Å². The molecule has 0 radical (unpaired) electrons. The van der Waals surface area contributed by atoms with E-state index < -0.39 is 0 Å². The number of H-pyrrole nitrogens is 1. The van der Waals surface area contributed by atoms with Gasteiger partial charge in [0.15, 0.2) is 0 Å². The summed E-state index contributed by atoms with van der Waals surface area (Å²) in [5, 5.41) is 18.0. The highest BCUT2D eigenvalue weighted by atomic mass is 32.1. The Morgan fingerprint density at radius 3 is 2.88 bits per heavy atom. The zero-order chi connectivity index (χ0) is 17.5. The topological polar surface area (TPSA) is 101 Å². The number of rotatable bonds is 3. The fourth-order valence-corrected chi connectivity index (χ4v) is 4.05. The van der Waals surface area contributed by atoms with Crippen molar-refractivity contribution in [1.82, 2.24) is 30.1 Å². The molecule has 1 aliphatic rings. The van der Waals surface area contributed by atoms with Crippen molar-refractivity contribution in [3.05, 3.63) is 45.8 Å². The van der Waals surface area contributed by atoms with Crippen molar-refractivity contribution in [1.29, 1.82) is 0 Å². The second-order valence-electron chi connectivity index (χ2n) is 6.29. The second kappa shape index (κ2) is 6.19. The fourth-order valence-electron chi connectivity index (χ4n) is 3.41. The van der Waals surface area contributed by atoms with Crippen molar-refractivity contribution in [3.8, 4) is 22.2 Å². The summed E-state index contributed by atoms with van der Waals surface area (Å²) in [5.41, 5.74) is 2.00. The van der Waals surface area contributed by atoms with Gasteiger partial charge in [0.25, 0.3) is 17.3 Å². The van der Waals surface area contributed by atoms with Gasteiger partial charge in [-0.3, -0.25) is 4.79 Å². The van der Waals surface area contributed by atoms with Crippen molar-refractivity contribution in [3.63, 3.8) is 0 Å². The smallest absolute Gasteiger partial charge is 0.258 e. The van der Waals surface area contributed by atoms with Crippen LogP contribution in [0.3, 0.4) is 0 Å². The number of nitrogens with one attached hydrogen (secondary N) is 2. The molecular formula is C17H16N6O2S. The first-order valence-electron chi connectivity index (χ1n) is 8.49. The van der Waals surface area contributed by atoms with Gasteiger partial charge in [-0.05, 0) is 37.4 Å². The Kier molecular flexibility index (Phi) is 3.68. The molecule has 2 N–H and O–H groups in total. The molecule has 0 unspecified atom stereocenters. The minimum absolute atomic E-state index is 0.147.